The molecule has 5 heteroatoms. The maximum absolute atomic E-state index is 12.2. The molecule has 0 unspecified atom stereocenters. The van der Waals surface area contributed by atoms with E-state index in [0.29, 0.717) is 6.54 Å². The van der Waals surface area contributed by atoms with Gasteiger partial charge in [-0.25, -0.2) is 4.39 Å². The molecule has 0 amide bonds. The Morgan fingerprint density at radius 3 is 3.06 bits per heavy atom. The second kappa shape index (κ2) is 5.77. The Hall–Kier alpha value is -1.20. The smallest absolute Gasteiger partial charge is 0.109 e. The molecule has 0 radical (unpaired) electrons. The van der Waals surface area contributed by atoms with Crippen LogP contribution < -0.4 is 5.32 Å². The van der Waals surface area contributed by atoms with Gasteiger partial charge in [-0.1, -0.05) is 6.07 Å². The number of hydrogen-bond acceptors (Lipinski definition) is 3. The molecule has 2 heterocycles. The lowest BCUT2D eigenvalue weighted by molar-refractivity contribution is 0.417. The second-order valence-electron chi connectivity index (χ2n) is 3.42. The average Bonchev–Trinajstić information content (AvgIpc) is 2.91. The van der Waals surface area contributed by atoms with E-state index in [9.17, 15) is 4.39 Å². The van der Waals surface area contributed by atoms with Gasteiger partial charge >= 0.3 is 0 Å². The van der Waals surface area contributed by atoms with Crippen molar-refractivity contribution in [2.75, 3.05) is 6.67 Å². The molecule has 16 heavy (non-hydrogen) atoms. The molecule has 0 aliphatic carbocycles. The third-order valence-electron chi connectivity index (χ3n) is 2.29. The molecule has 0 atom stereocenters. The molecule has 0 fully saturated rings. The van der Waals surface area contributed by atoms with Crippen LogP contribution >= 0.6 is 11.3 Å². The maximum atomic E-state index is 12.2. The Kier molecular flexibility index (Phi) is 4.07. The van der Waals surface area contributed by atoms with E-state index in [1.165, 1.54) is 4.88 Å². The number of nitrogens with zero attached hydrogens (tertiary/aromatic N) is 2. The fourth-order valence-corrected chi connectivity index (χ4v) is 2.19. The van der Waals surface area contributed by atoms with Crippen molar-refractivity contribution in [3.05, 3.63) is 40.3 Å². The predicted octanol–water partition coefficient (Wildman–Crippen LogP) is 2.20. The van der Waals surface area contributed by atoms with E-state index in [0.717, 1.165) is 18.8 Å². The van der Waals surface area contributed by atoms with Crippen LogP contribution in [0.3, 0.4) is 0 Å². The van der Waals surface area contributed by atoms with Gasteiger partial charge in [0, 0.05) is 24.2 Å². The van der Waals surface area contributed by atoms with Crippen LogP contribution in [-0.2, 0) is 19.6 Å². The van der Waals surface area contributed by atoms with E-state index in [-0.39, 0.29) is 6.67 Å². The Labute approximate surface area is 97.9 Å². The summed E-state index contributed by atoms with van der Waals surface area (Å²) in [6.45, 7) is 1.53. The first kappa shape index (κ1) is 11.3. The summed E-state index contributed by atoms with van der Waals surface area (Å²) in [6, 6.07) is 6.04. The van der Waals surface area contributed by atoms with Crippen LogP contribution in [0.15, 0.2) is 29.8 Å². The summed E-state index contributed by atoms with van der Waals surface area (Å²) in [5, 5.41) is 9.44. The first-order valence-electron chi connectivity index (χ1n) is 5.20. The molecule has 86 valence electrons. The fourth-order valence-electron chi connectivity index (χ4n) is 1.52. The standard InChI is InChI=1S/C11H14FN3S/c12-4-6-15-10(3-5-14-15)8-13-9-11-2-1-7-16-11/h1-3,5,7,13H,4,6,8-9H2. The summed E-state index contributed by atoms with van der Waals surface area (Å²) < 4.78 is 13.9. The SMILES string of the molecule is FCCn1nccc1CNCc1cccs1. The highest BCUT2D eigenvalue weighted by Crippen LogP contribution is 2.08. The second-order valence-corrected chi connectivity index (χ2v) is 4.45. The zero-order valence-electron chi connectivity index (χ0n) is 8.90. The number of thiophene rings is 1. The van der Waals surface area contributed by atoms with Gasteiger partial charge in [0.2, 0.25) is 0 Å². The number of halogens is 1. The highest BCUT2D eigenvalue weighted by atomic mass is 32.1. The largest absolute Gasteiger partial charge is 0.306 e. The first-order chi connectivity index (χ1) is 7.90. The normalized spacial score (nSPS) is 10.8. The van der Waals surface area contributed by atoms with E-state index in [4.69, 9.17) is 0 Å². The minimum atomic E-state index is -0.375. The third kappa shape index (κ3) is 2.90. The van der Waals surface area contributed by atoms with Gasteiger partial charge in [0.15, 0.2) is 0 Å². The van der Waals surface area contributed by atoms with E-state index in [1.54, 1.807) is 22.2 Å². The summed E-state index contributed by atoms with van der Waals surface area (Å²) >= 11 is 1.73. The van der Waals surface area contributed by atoms with Gasteiger partial charge in [-0.3, -0.25) is 4.68 Å². The molecule has 2 rings (SSSR count). The van der Waals surface area contributed by atoms with E-state index in [2.05, 4.69) is 21.9 Å². The number of alkyl halides is 1. The summed E-state index contributed by atoms with van der Waals surface area (Å²) in [5.74, 6) is 0. The minimum Gasteiger partial charge on any atom is -0.306 e. The van der Waals surface area contributed by atoms with Crippen molar-refractivity contribution in [3.63, 3.8) is 0 Å². The van der Waals surface area contributed by atoms with Crippen molar-refractivity contribution in [3.8, 4) is 0 Å². The van der Waals surface area contributed by atoms with Gasteiger partial charge in [-0.05, 0) is 17.5 Å². The predicted molar refractivity (Wildman–Crippen MR) is 63.1 cm³/mol. The maximum Gasteiger partial charge on any atom is 0.109 e. The molecule has 1 N–H and O–H groups in total. The fraction of sp³-hybridized carbons (Fsp3) is 0.364. The molecule has 0 bridgehead atoms. The van der Waals surface area contributed by atoms with Gasteiger partial charge in [-0.2, -0.15) is 5.10 Å². The quantitative estimate of drug-likeness (QED) is 0.837. The Morgan fingerprint density at radius 1 is 1.38 bits per heavy atom. The summed E-state index contributed by atoms with van der Waals surface area (Å²) in [5.41, 5.74) is 1.02. The minimum absolute atomic E-state index is 0.336. The highest BCUT2D eigenvalue weighted by Gasteiger charge is 2.01. The van der Waals surface area contributed by atoms with Crippen molar-refractivity contribution in [2.45, 2.75) is 19.6 Å². The molecule has 0 aliphatic rings. The number of aryl methyl sites for hydroxylation is 1. The van der Waals surface area contributed by atoms with Crippen LogP contribution in [0.25, 0.3) is 0 Å². The van der Waals surface area contributed by atoms with E-state index in [1.807, 2.05) is 12.1 Å². The Bertz CT molecular complexity index is 411. The van der Waals surface area contributed by atoms with Crippen LogP contribution in [0.1, 0.15) is 10.6 Å². The molecular weight excluding hydrogens is 225 g/mol. The molecule has 0 aliphatic heterocycles. The molecule has 2 aromatic heterocycles. The molecule has 0 saturated carbocycles. The lowest BCUT2D eigenvalue weighted by Gasteiger charge is -2.06. The lowest BCUT2D eigenvalue weighted by atomic mass is 10.4. The number of aromatic nitrogens is 2. The van der Waals surface area contributed by atoms with E-state index >= 15 is 0 Å². The number of hydrogen-bond donors (Lipinski definition) is 1. The Balaban J connectivity index is 1.82. The van der Waals surface area contributed by atoms with Crippen molar-refractivity contribution in [1.29, 1.82) is 0 Å². The number of rotatable bonds is 6. The van der Waals surface area contributed by atoms with Crippen LogP contribution in [0.5, 0.6) is 0 Å². The average molecular weight is 239 g/mol. The molecule has 0 aromatic carbocycles. The molecule has 0 spiro atoms. The topological polar surface area (TPSA) is 29.9 Å². The highest BCUT2D eigenvalue weighted by molar-refractivity contribution is 7.09. The van der Waals surface area contributed by atoms with Gasteiger partial charge in [-0.15, -0.1) is 11.3 Å². The van der Waals surface area contributed by atoms with Gasteiger partial charge in [0.25, 0.3) is 0 Å². The van der Waals surface area contributed by atoms with Crippen molar-refractivity contribution < 1.29 is 4.39 Å². The summed E-state index contributed by atoms with van der Waals surface area (Å²) in [4.78, 5) is 1.30. The molecule has 2 aromatic rings. The zero-order valence-corrected chi connectivity index (χ0v) is 9.71. The monoisotopic (exact) mass is 239 g/mol. The molecule has 0 saturated heterocycles. The molecular formula is C11H14FN3S. The van der Waals surface area contributed by atoms with Gasteiger partial charge < -0.3 is 5.32 Å². The van der Waals surface area contributed by atoms with Crippen LogP contribution in [0.4, 0.5) is 4.39 Å². The lowest BCUT2D eigenvalue weighted by Crippen LogP contribution is -2.16. The van der Waals surface area contributed by atoms with Crippen LogP contribution in [0, 0.1) is 0 Å². The first-order valence-corrected chi connectivity index (χ1v) is 6.08. The number of nitrogens with one attached hydrogen (secondary N) is 1. The van der Waals surface area contributed by atoms with Crippen molar-refractivity contribution in [2.24, 2.45) is 0 Å². The van der Waals surface area contributed by atoms with Gasteiger partial charge in [0.05, 0.1) is 12.2 Å². The van der Waals surface area contributed by atoms with Crippen LogP contribution in [-0.4, -0.2) is 16.5 Å². The van der Waals surface area contributed by atoms with Crippen molar-refractivity contribution in [1.82, 2.24) is 15.1 Å². The summed E-state index contributed by atoms with van der Waals surface area (Å²) in [7, 11) is 0. The van der Waals surface area contributed by atoms with Crippen molar-refractivity contribution >= 4 is 11.3 Å². The molecule has 3 nitrogen and oxygen atoms in total. The van der Waals surface area contributed by atoms with Crippen LogP contribution in [0.2, 0.25) is 0 Å². The zero-order chi connectivity index (χ0) is 11.2. The Morgan fingerprint density at radius 2 is 2.31 bits per heavy atom. The van der Waals surface area contributed by atoms with Gasteiger partial charge in [0.1, 0.15) is 6.67 Å². The summed E-state index contributed by atoms with van der Waals surface area (Å²) in [6.07, 6.45) is 1.71. The third-order valence-corrected chi connectivity index (χ3v) is 3.16. The van der Waals surface area contributed by atoms with E-state index < -0.39 is 0 Å².